The number of alkyl halides is 3. The Labute approximate surface area is 192 Å². The number of piperazine rings is 1. The predicted octanol–water partition coefficient (Wildman–Crippen LogP) is 2.85. The number of piperidine rings is 1. The molecule has 1 aliphatic carbocycles. The van der Waals surface area contributed by atoms with Gasteiger partial charge in [-0.3, -0.25) is 14.6 Å². The van der Waals surface area contributed by atoms with E-state index in [1.54, 1.807) is 7.11 Å². The van der Waals surface area contributed by atoms with E-state index >= 15 is 0 Å². The summed E-state index contributed by atoms with van der Waals surface area (Å²) in [6, 6.07) is 8.33. The van der Waals surface area contributed by atoms with Gasteiger partial charge in [0, 0.05) is 46.3 Å². The summed E-state index contributed by atoms with van der Waals surface area (Å²) in [5.41, 5.74) is 1.06. The molecule has 0 aromatic heterocycles. The quantitative estimate of drug-likeness (QED) is 0.712. The summed E-state index contributed by atoms with van der Waals surface area (Å²) in [6.45, 7) is 5.98. The lowest BCUT2D eigenvalue weighted by Crippen LogP contribution is -2.68. The first-order valence-corrected chi connectivity index (χ1v) is 11.2. The average molecular weight is 472 g/mol. The fraction of sp³-hybridized carbons (Fsp3) is 0.652. The molecule has 3 fully saturated rings. The number of likely N-dealkylation sites (tertiary alicyclic amines) is 1. The maximum absolute atomic E-state index is 13.1. The van der Waals surface area contributed by atoms with Crippen LogP contribution in [0.5, 0.6) is 5.75 Å². The lowest BCUT2D eigenvalue weighted by Gasteiger charge is -2.52. The number of carboxylic acid groups (broad SMARTS) is 1. The molecular formula is C23H32F3N3O4. The molecule has 33 heavy (non-hydrogen) atoms. The molecule has 2 heterocycles. The molecule has 1 amide bonds. The standard InChI is InChI=1S/C21H31N3O2.C2HF3O2/c1-22-13-14-24(16-18-3-4-18)21(20(22)25)9-11-23(12-10-21)15-17-5-7-19(26-2)8-6-17;3-2(4,5)1(6)7/h5-8,18H,3-4,9-16H2,1-2H3;(H,6,7). The van der Waals surface area contributed by atoms with Gasteiger partial charge in [0.2, 0.25) is 5.91 Å². The normalized spacial score (nSPS) is 21.5. The minimum Gasteiger partial charge on any atom is -0.497 e. The van der Waals surface area contributed by atoms with Crippen molar-refractivity contribution in [3.63, 3.8) is 0 Å². The number of likely N-dealkylation sites (N-methyl/N-ethyl adjacent to an activating group) is 1. The molecule has 1 saturated carbocycles. The van der Waals surface area contributed by atoms with Gasteiger partial charge in [-0.2, -0.15) is 13.2 Å². The van der Waals surface area contributed by atoms with E-state index in [0.717, 1.165) is 63.8 Å². The van der Waals surface area contributed by atoms with Crippen LogP contribution in [-0.2, 0) is 16.1 Å². The minimum atomic E-state index is -5.08. The molecule has 1 aromatic carbocycles. The fourth-order valence-corrected chi connectivity index (χ4v) is 4.56. The average Bonchev–Trinajstić information content (AvgIpc) is 3.60. The van der Waals surface area contributed by atoms with E-state index in [2.05, 4.69) is 21.9 Å². The predicted molar refractivity (Wildman–Crippen MR) is 116 cm³/mol. The number of ether oxygens (including phenoxy) is 1. The van der Waals surface area contributed by atoms with Crippen LogP contribution in [0.15, 0.2) is 24.3 Å². The molecule has 0 radical (unpaired) electrons. The number of carboxylic acids is 1. The Hall–Kier alpha value is -2.33. The number of methoxy groups -OCH3 is 1. The van der Waals surface area contributed by atoms with E-state index in [4.69, 9.17) is 14.6 Å². The van der Waals surface area contributed by atoms with Gasteiger partial charge in [-0.15, -0.1) is 0 Å². The van der Waals surface area contributed by atoms with Gasteiger partial charge in [0.25, 0.3) is 0 Å². The van der Waals surface area contributed by atoms with Crippen molar-refractivity contribution in [2.45, 2.75) is 43.9 Å². The number of amides is 1. The molecule has 10 heteroatoms. The molecule has 1 spiro atoms. The molecule has 4 rings (SSSR count). The molecule has 0 bridgehead atoms. The first-order valence-electron chi connectivity index (χ1n) is 11.2. The molecule has 7 nitrogen and oxygen atoms in total. The van der Waals surface area contributed by atoms with E-state index in [9.17, 15) is 18.0 Å². The molecule has 184 valence electrons. The van der Waals surface area contributed by atoms with E-state index < -0.39 is 12.1 Å². The molecule has 0 atom stereocenters. The third-order valence-electron chi connectivity index (χ3n) is 6.72. The highest BCUT2D eigenvalue weighted by atomic mass is 19.4. The monoisotopic (exact) mass is 471 g/mol. The first kappa shape index (κ1) is 25.3. The Morgan fingerprint density at radius 1 is 1.12 bits per heavy atom. The smallest absolute Gasteiger partial charge is 0.490 e. The Morgan fingerprint density at radius 3 is 2.18 bits per heavy atom. The number of halogens is 3. The van der Waals surface area contributed by atoms with Crippen molar-refractivity contribution in [1.82, 2.24) is 14.7 Å². The summed E-state index contributed by atoms with van der Waals surface area (Å²) in [5, 5.41) is 7.12. The number of hydrogen-bond acceptors (Lipinski definition) is 5. The molecular weight excluding hydrogens is 439 g/mol. The van der Waals surface area contributed by atoms with Gasteiger partial charge in [-0.1, -0.05) is 12.1 Å². The van der Waals surface area contributed by atoms with Crippen LogP contribution in [0.3, 0.4) is 0 Å². The maximum Gasteiger partial charge on any atom is 0.490 e. The van der Waals surface area contributed by atoms with Crippen molar-refractivity contribution in [2.24, 2.45) is 5.92 Å². The number of carbonyl (C=O) groups is 2. The van der Waals surface area contributed by atoms with Crippen molar-refractivity contribution in [3.8, 4) is 5.75 Å². The topological polar surface area (TPSA) is 73.3 Å². The zero-order valence-corrected chi connectivity index (χ0v) is 19.1. The maximum atomic E-state index is 13.1. The van der Waals surface area contributed by atoms with E-state index in [0.29, 0.717) is 5.91 Å². The van der Waals surface area contributed by atoms with Crippen LogP contribution >= 0.6 is 0 Å². The molecule has 2 saturated heterocycles. The molecule has 1 N–H and O–H groups in total. The van der Waals surface area contributed by atoms with Gasteiger partial charge in [-0.25, -0.2) is 4.79 Å². The second-order valence-corrected chi connectivity index (χ2v) is 9.07. The SMILES string of the molecule is COc1ccc(CN2CCC3(CC2)C(=O)N(C)CCN3CC2CC2)cc1.O=C(O)C(F)(F)F. The van der Waals surface area contributed by atoms with Gasteiger partial charge >= 0.3 is 12.1 Å². The van der Waals surface area contributed by atoms with Gasteiger partial charge in [0.1, 0.15) is 11.3 Å². The van der Waals surface area contributed by atoms with Crippen LogP contribution in [0.2, 0.25) is 0 Å². The van der Waals surface area contributed by atoms with E-state index in [-0.39, 0.29) is 5.54 Å². The van der Waals surface area contributed by atoms with Crippen LogP contribution in [0.25, 0.3) is 0 Å². The molecule has 2 aliphatic heterocycles. The Kier molecular flexibility index (Phi) is 7.89. The summed E-state index contributed by atoms with van der Waals surface area (Å²) < 4.78 is 37.0. The molecule has 1 aromatic rings. The van der Waals surface area contributed by atoms with Crippen LogP contribution in [0, 0.1) is 5.92 Å². The highest BCUT2D eigenvalue weighted by Gasteiger charge is 2.50. The van der Waals surface area contributed by atoms with Crippen molar-refractivity contribution < 1.29 is 32.6 Å². The van der Waals surface area contributed by atoms with E-state index in [1.165, 1.54) is 18.4 Å². The number of rotatable bonds is 5. The second kappa shape index (κ2) is 10.3. The van der Waals surface area contributed by atoms with Crippen LogP contribution < -0.4 is 4.74 Å². The fourth-order valence-electron chi connectivity index (χ4n) is 4.56. The second-order valence-electron chi connectivity index (χ2n) is 9.07. The van der Waals surface area contributed by atoms with Gasteiger partial charge in [0.05, 0.1) is 7.11 Å². The van der Waals surface area contributed by atoms with Gasteiger partial charge < -0.3 is 14.7 Å². The van der Waals surface area contributed by atoms with Crippen LogP contribution in [-0.4, -0.2) is 90.3 Å². The Bertz CT molecular complexity index is 819. The van der Waals surface area contributed by atoms with Crippen LogP contribution in [0.4, 0.5) is 13.2 Å². The summed E-state index contributed by atoms with van der Waals surface area (Å²) in [7, 11) is 3.67. The summed E-state index contributed by atoms with van der Waals surface area (Å²) in [5.74, 6) is -0.667. The van der Waals surface area contributed by atoms with Crippen molar-refractivity contribution in [1.29, 1.82) is 0 Å². The third kappa shape index (κ3) is 6.38. The number of nitrogens with zero attached hydrogens (tertiary/aromatic N) is 3. The van der Waals surface area contributed by atoms with Crippen LogP contribution in [0.1, 0.15) is 31.2 Å². The molecule has 3 aliphatic rings. The lowest BCUT2D eigenvalue weighted by atomic mass is 9.82. The summed E-state index contributed by atoms with van der Waals surface area (Å²) in [6.07, 6.45) is -0.474. The zero-order chi connectivity index (χ0) is 24.2. The largest absolute Gasteiger partial charge is 0.497 e. The number of aliphatic carboxylic acids is 1. The summed E-state index contributed by atoms with van der Waals surface area (Å²) >= 11 is 0. The van der Waals surface area contributed by atoms with Gasteiger partial charge in [-0.05, 0) is 49.3 Å². The van der Waals surface area contributed by atoms with E-state index in [1.807, 2.05) is 24.1 Å². The van der Waals surface area contributed by atoms with Crippen molar-refractivity contribution in [3.05, 3.63) is 29.8 Å². The number of hydrogen-bond donors (Lipinski definition) is 1. The zero-order valence-electron chi connectivity index (χ0n) is 19.1. The lowest BCUT2D eigenvalue weighted by molar-refractivity contribution is -0.192. The van der Waals surface area contributed by atoms with Crippen molar-refractivity contribution >= 4 is 11.9 Å². The Balaban J connectivity index is 0.000000383. The molecule has 0 unspecified atom stereocenters. The first-order chi connectivity index (χ1) is 15.5. The van der Waals surface area contributed by atoms with Gasteiger partial charge in [0.15, 0.2) is 0 Å². The van der Waals surface area contributed by atoms with Crippen molar-refractivity contribution in [2.75, 3.05) is 46.9 Å². The Morgan fingerprint density at radius 2 is 1.70 bits per heavy atom. The minimum absolute atomic E-state index is 0.244. The highest BCUT2D eigenvalue weighted by molar-refractivity contribution is 5.87. The number of carbonyl (C=O) groups excluding carboxylic acids is 1. The third-order valence-corrected chi connectivity index (χ3v) is 6.72. The number of benzene rings is 1. The highest BCUT2D eigenvalue weighted by Crippen LogP contribution is 2.38. The summed E-state index contributed by atoms with van der Waals surface area (Å²) in [4.78, 5) is 29.0.